The maximum atomic E-state index is 9.86. The highest BCUT2D eigenvalue weighted by Crippen LogP contribution is 2.18. The first-order valence-electron chi connectivity index (χ1n) is 6.11. The Hall–Kier alpha value is -2.40. The molecule has 0 aliphatic rings. The molecule has 0 fully saturated rings. The van der Waals surface area contributed by atoms with Gasteiger partial charge >= 0.3 is 0 Å². The average molecular weight is 285 g/mol. The summed E-state index contributed by atoms with van der Waals surface area (Å²) in [5.41, 5.74) is 10.5. The van der Waals surface area contributed by atoms with Crippen molar-refractivity contribution >= 4 is 23.0 Å². The topological polar surface area (TPSA) is 70.6 Å². The fourth-order valence-corrected chi connectivity index (χ4v) is 1.85. The van der Waals surface area contributed by atoms with E-state index < -0.39 is 0 Å². The number of hydrogen-bond acceptors (Lipinski definition) is 3. The van der Waals surface area contributed by atoms with Gasteiger partial charge in [-0.3, -0.25) is 5.43 Å². The van der Waals surface area contributed by atoms with Crippen LogP contribution in [0.3, 0.4) is 0 Å². The monoisotopic (exact) mass is 285 g/mol. The number of hydrogen-bond donors (Lipinski definition) is 3. The van der Waals surface area contributed by atoms with Crippen molar-refractivity contribution in [1.82, 2.24) is 5.43 Å². The Morgan fingerprint density at radius 3 is 2.40 bits per heavy atom. The van der Waals surface area contributed by atoms with Crippen LogP contribution in [0.5, 0.6) is 5.75 Å². The lowest BCUT2D eigenvalue weighted by Crippen LogP contribution is -2.26. The largest absolute Gasteiger partial charge is 0.508 e. The third-order valence-corrected chi connectivity index (χ3v) is 2.85. The number of phenolic OH excluding ortho intramolecular Hbond substituents is 1. The smallest absolute Gasteiger partial charge is 0.184 e. The second-order valence-electron chi connectivity index (χ2n) is 4.21. The minimum absolute atomic E-state index is 0.107. The van der Waals surface area contributed by atoms with E-state index in [2.05, 4.69) is 10.5 Å². The molecule has 0 radical (unpaired) electrons. The molecule has 2 aromatic carbocycles. The maximum Gasteiger partial charge on any atom is 0.184 e. The molecule has 0 saturated heterocycles. The Balaban J connectivity index is 2.31. The molecule has 0 bridgehead atoms. The summed E-state index contributed by atoms with van der Waals surface area (Å²) >= 11 is 4.76. The minimum Gasteiger partial charge on any atom is -0.508 e. The molecule has 4 nitrogen and oxygen atoms in total. The molecule has 20 heavy (non-hydrogen) atoms. The summed E-state index contributed by atoms with van der Waals surface area (Å²) in [6.07, 6.45) is 0.478. The molecule has 0 aliphatic heterocycles. The van der Waals surface area contributed by atoms with Crippen LogP contribution in [0.25, 0.3) is 0 Å². The maximum absolute atomic E-state index is 9.86. The van der Waals surface area contributed by atoms with Gasteiger partial charge in [0.05, 0.1) is 5.71 Å². The van der Waals surface area contributed by atoms with E-state index in [-0.39, 0.29) is 10.9 Å². The van der Waals surface area contributed by atoms with Crippen LogP contribution in [0, 0.1) is 0 Å². The van der Waals surface area contributed by atoms with Gasteiger partial charge in [0.15, 0.2) is 5.11 Å². The summed E-state index contributed by atoms with van der Waals surface area (Å²) in [4.78, 5) is 0. The van der Waals surface area contributed by atoms with Crippen LogP contribution in [0.4, 0.5) is 0 Å². The molecule has 0 aromatic heterocycles. The standard InChI is InChI=1S/C15H15N3OS/c16-15(20)18-17-13(11-6-2-1-3-7-11)10-12-8-4-5-9-14(12)19/h1-9,19H,10H2,(H3,16,18,20). The van der Waals surface area contributed by atoms with E-state index in [1.807, 2.05) is 42.5 Å². The zero-order valence-corrected chi connectivity index (χ0v) is 11.6. The fraction of sp³-hybridized carbons (Fsp3) is 0.0667. The van der Waals surface area contributed by atoms with E-state index in [9.17, 15) is 5.11 Å². The van der Waals surface area contributed by atoms with E-state index in [1.54, 1.807) is 12.1 Å². The van der Waals surface area contributed by atoms with E-state index in [1.165, 1.54) is 0 Å². The van der Waals surface area contributed by atoms with Gasteiger partial charge in [-0.15, -0.1) is 0 Å². The summed E-state index contributed by atoms with van der Waals surface area (Å²) in [5, 5.41) is 14.2. The summed E-state index contributed by atoms with van der Waals surface area (Å²) in [6.45, 7) is 0. The molecule has 0 aliphatic carbocycles. The molecule has 102 valence electrons. The number of nitrogens with zero attached hydrogens (tertiary/aromatic N) is 1. The highest BCUT2D eigenvalue weighted by molar-refractivity contribution is 7.80. The quantitative estimate of drug-likeness (QED) is 0.457. The second-order valence-corrected chi connectivity index (χ2v) is 4.65. The van der Waals surface area contributed by atoms with Gasteiger partial charge in [0.1, 0.15) is 5.75 Å². The lowest BCUT2D eigenvalue weighted by atomic mass is 10.0. The Bertz CT molecular complexity index is 626. The Kier molecular flexibility index (Phi) is 4.68. The van der Waals surface area contributed by atoms with Crippen molar-refractivity contribution in [2.75, 3.05) is 0 Å². The van der Waals surface area contributed by atoms with Crippen LogP contribution in [0.15, 0.2) is 59.7 Å². The summed E-state index contributed by atoms with van der Waals surface area (Å²) in [7, 11) is 0. The number of para-hydroxylation sites is 1. The second kappa shape index (κ2) is 6.68. The van der Waals surface area contributed by atoms with Crippen LogP contribution < -0.4 is 11.2 Å². The molecule has 2 aromatic rings. The number of benzene rings is 2. The molecule has 0 spiro atoms. The van der Waals surface area contributed by atoms with Gasteiger partial charge < -0.3 is 10.8 Å². The fourth-order valence-electron chi connectivity index (χ4n) is 1.80. The highest BCUT2D eigenvalue weighted by atomic mass is 32.1. The van der Waals surface area contributed by atoms with Crippen molar-refractivity contribution < 1.29 is 5.11 Å². The summed E-state index contributed by atoms with van der Waals surface area (Å²) < 4.78 is 0. The van der Waals surface area contributed by atoms with E-state index in [0.717, 1.165) is 16.8 Å². The van der Waals surface area contributed by atoms with Gasteiger partial charge in [-0.05, 0) is 29.4 Å². The van der Waals surface area contributed by atoms with Crippen molar-refractivity contribution in [3.63, 3.8) is 0 Å². The molecular formula is C15H15N3OS. The van der Waals surface area contributed by atoms with Crippen molar-refractivity contribution in [3.8, 4) is 5.75 Å². The lowest BCUT2D eigenvalue weighted by molar-refractivity contribution is 0.470. The van der Waals surface area contributed by atoms with E-state index >= 15 is 0 Å². The first-order chi connectivity index (χ1) is 9.66. The minimum atomic E-state index is 0.107. The highest BCUT2D eigenvalue weighted by Gasteiger charge is 2.08. The van der Waals surface area contributed by atoms with Crippen molar-refractivity contribution in [2.24, 2.45) is 10.8 Å². The van der Waals surface area contributed by atoms with E-state index in [0.29, 0.717) is 6.42 Å². The Labute approximate surface area is 122 Å². The molecule has 2 rings (SSSR count). The third kappa shape index (κ3) is 3.80. The zero-order valence-electron chi connectivity index (χ0n) is 10.8. The predicted molar refractivity (Wildman–Crippen MR) is 84.7 cm³/mol. The summed E-state index contributed by atoms with van der Waals surface area (Å²) in [5.74, 6) is 0.242. The normalized spacial score (nSPS) is 11.1. The van der Waals surface area contributed by atoms with Crippen molar-refractivity contribution in [2.45, 2.75) is 6.42 Å². The van der Waals surface area contributed by atoms with Gasteiger partial charge in [0.25, 0.3) is 0 Å². The first-order valence-corrected chi connectivity index (χ1v) is 6.52. The number of aromatic hydroxyl groups is 1. The molecule has 5 heteroatoms. The number of rotatable bonds is 4. The molecule has 0 amide bonds. The molecular weight excluding hydrogens is 270 g/mol. The molecule has 0 saturated carbocycles. The number of phenols is 1. The van der Waals surface area contributed by atoms with Crippen LogP contribution >= 0.6 is 12.2 Å². The lowest BCUT2D eigenvalue weighted by Gasteiger charge is -2.09. The van der Waals surface area contributed by atoms with Crippen molar-refractivity contribution in [1.29, 1.82) is 0 Å². The number of nitrogens with one attached hydrogen (secondary N) is 1. The number of hydrazone groups is 1. The van der Waals surface area contributed by atoms with Gasteiger partial charge in [-0.2, -0.15) is 5.10 Å². The Morgan fingerprint density at radius 1 is 1.10 bits per heavy atom. The molecule has 0 unspecified atom stereocenters. The Morgan fingerprint density at radius 2 is 1.75 bits per heavy atom. The summed E-state index contributed by atoms with van der Waals surface area (Å²) in [6, 6.07) is 16.8. The van der Waals surface area contributed by atoms with Gasteiger partial charge in [0.2, 0.25) is 0 Å². The third-order valence-electron chi connectivity index (χ3n) is 2.76. The number of nitrogens with two attached hydrogens (primary N) is 1. The SMILES string of the molecule is NC(=S)NN=C(Cc1ccccc1O)c1ccccc1. The van der Waals surface area contributed by atoms with Crippen LogP contribution in [-0.2, 0) is 6.42 Å². The molecule has 0 heterocycles. The van der Waals surface area contributed by atoms with Crippen LogP contribution in [0.1, 0.15) is 11.1 Å². The van der Waals surface area contributed by atoms with E-state index in [4.69, 9.17) is 18.0 Å². The molecule has 4 N–H and O–H groups in total. The van der Waals surface area contributed by atoms with Gasteiger partial charge in [-0.25, -0.2) is 0 Å². The van der Waals surface area contributed by atoms with Crippen LogP contribution in [-0.4, -0.2) is 15.9 Å². The molecule has 0 atom stereocenters. The zero-order chi connectivity index (χ0) is 14.4. The predicted octanol–water partition coefficient (Wildman–Crippen LogP) is 2.17. The van der Waals surface area contributed by atoms with Gasteiger partial charge in [0, 0.05) is 6.42 Å². The number of thiocarbonyl (C=S) groups is 1. The van der Waals surface area contributed by atoms with Crippen LogP contribution in [0.2, 0.25) is 0 Å². The first kappa shape index (κ1) is 14.0. The van der Waals surface area contributed by atoms with Gasteiger partial charge in [-0.1, -0.05) is 48.5 Å². The van der Waals surface area contributed by atoms with Crippen molar-refractivity contribution in [3.05, 3.63) is 65.7 Å². The average Bonchev–Trinajstić information content (AvgIpc) is 2.46.